The first-order valence-electron chi connectivity index (χ1n) is 12.1. The first kappa shape index (κ1) is 26.6. The normalized spacial score (nSPS) is 18.8. The molecular weight excluding hydrogens is 467 g/mol. The quantitative estimate of drug-likeness (QED) is 0.242. The minimum Gasteiger partial charge on any atom is -0.538 e. The number of benzene rings is 2. The van der Waals surface area contributed by atoms with Gasteiger partial charge in [0.25, 0.3) is 0 Å². The van der Waals surface area contributed by atoms with Gasteiger partial charge in [0.2, 0.25) is 11.0 Å². The number of rotatable bonds is 7. The van der Waals surface area contributed by atoms with Crippen LogP contribution in [0, 0.1) is 0 Å². The molecule has 1 heterocycles. The summed E-state index contributed by atoms with van der Waals surface area (Å²) in [6.07, 6.45) is 0. The van der Waals surface area contributed by atoms with E-state index in [2.05, 4.69) is 55.4 Å². The predicted octanol–water partition coefficient (Wildman–Crippen LogP) is 6.62. The molecule has 0 fully saturated rings. The number of para-hydroxylation sites is 2. The van der Waals surface area contributed by atoms with Gasteiger partial charge in [-0.3, -0.25) is 0 Å². The number of anilines is 1. The number of aliphatic carboxylic acids is 1. The Balaban J connectivity index is 2.46. The van der Waals surface area contributed by atoms with E-state index in [9.17, 15) is 9.90 Å². The van der Waals surface area contributed by atoms with Gasteiger partial charge in [-0.2, -0.15) is 0 Å². The first-order valence-corrected chi connectivity index (χ1v) is 13.0. The van der Waals surface area contributed by atoms with E-state index in [4.69, 9.17) is 23.2 Å². The van der Waals surface area contributed by atoms with Gasteiger partial charge in [-0.1, -0.05) is 115 Å². The van der Waals surface area contributed by atoms with E-state index < -0.39 is 17.0 Å². The van der Waals surface area contributed by atoms with Gasteiger partial charge >= 0.3 is 5.84 Å². The van der Waals surface area contributed by atoms with E-state index in [0.717, 1.165) is 33.6 Å². The Morgan fingerprint density at radius 3 is 1.53 bits per heavy atom. The van der Waals surface area contributed by atoms with E-state index in [-0.39, 0.29) is 29.5 Å². The number of halogens is 2. The number of hydrogen-bond donors (Lipinski definition) is 0. The van der Waals surface area contributed by atoms with Crippen LogP contribution in [0.1, 0.15) is 101 Å². The molecule has 6 heteroatoms. The van der Waals surface area contributed by atoms with Gasteiger partial charge in [0.05, 0.1) is 0 Å². The van der Waals surface area contributed by atoms with Gasteiger partial charge in [-0.05, 0) is 23.7 Å². The number of hydrogen-bond acceptors (Lipinski definition) is 3. The zero-order valence-electron chi connectivity index (χ0n) is 21.4. The van der Waals surface area contributed by atoms with Crippen molar-refractivity contribution < 1.29 is 14.5 Å². The predicted molar refractivity (Wildman–Crippen MR) is 141 cm³/mol. The van der Waals surface area contributed by atoms with Crippen molar-refractivity contribution in [2.45, 2.75) is 90.1 Å². The SMILES string of the molecule is CC(C)c1cccc(C(C)C)c1N1C(C(=O)[O-])=[N+](c2c(C(C)C)cccc2C(C)C)C(Cl)C1Cl. The second-order valence-electron chi connectivity index (χ2n) is 10.3. The van der Waals surface area contributed by atoms with Crippen LogP contribution in [0.3, 0.4) is 0 Å². The number of amidine groups is 1. The summed E-state index contributed by atoms with van der Waals surface area (Å²) < 4.78 is 1.69. The first-order chi connectivity index (χ1) is 15.9. The molecule has 2 atom stereocenters. The van der Waals surface area contributed by atoms with Crippen LogP contribution in [0.5, 0.6) is 0 Å². The smallest absolute Gasteiger partial charge is 0.308 e. The molecule has 34 heavy (non-hydrogen) atoms. The van der Waals surface area contributed by atoms with E-state index in [1.165, 1.54) is 0 Å². The minimum atomic E-state index is -1.30. The van der Waals surface area contributed by atoms with Crippen LogP contribution in [0.4, 0.5) is 11.4 Å². The molecule has 3 rings (SSSR count). The van der Waals surface area contributed by atoms with Gasteiger partial charge in [-0.25, -0.2) is 9.48 Å². The molecule has 0 spiro atoms. The molecule has 0 saturated heterocycles. The Bertz CT molecular complexity index is 1050. The fraction of sp³-hybridized carbons (Fsp3) is 0.500. The van der Waals surface area contributed by atoms with E-state index in [1.54, 1.807) is 9.48 Å². The summed E-state index contributed by atoms with van der Waals surface area (Å²) in [5, 5.41) is 12.8. The van der Waals surface area contributed by atoms with Gasteiger partial charge in [0.15, 0.2) is 5.97 Å². The molecule has 0 amide bonds. The number of nitrogens with zero attached hydrogens (tertiary/aromatic N) is 2. The summed E-state index contributed by atoms with van der Waals surface area (Å²) in [5.74, 6) is -0.648. The topological polar surface area (TPSA) is 46.4 Å². The number of carboxylic acids is 1. The minimum absolute atomic E-state index is 0.00926. The molecule has 4 nitrogen and oxygen atoms in total. The highest BCUT2D eigenvalue weighted by atomic mass is 35.5. The largest absolute Gasteiger partial charge is 0.538 e. The molecular formula is C28H36Cl2N2O2. The maximum atomic E-state index is 12.8. The number of carbonyl (C=O) groups is 1. The highest BCUT2D eigenvalue weighted by molar-refractivity contribution is 6.43. The molecule has 0 aliphatic carbocycles. The van der Waals surface area contributed by atoms with Crippen LogP contribution in [-0.2, 0) is 4.79 Å². The zero-order valence-corrected chi connectivity index (χ0v) is 22.9. The summed E-state index contributed by atoms with van der Waals surface area (Å²) in [7, 11) is 0. The summed E-state index contributed by atoms with van der Waals surface area (Å²) in [4.78, 5) is 14.5. The summed E-state index contributed by atoms with van der Waals surface area (Å²) in [5.41, 5.74) is 4.15. The Labute approximate surface area is 214 Å². The fourth-order valence-electron chi connectivity index (χ4n) is 4.83. The second-order valence-corrected chi connectivity index (χ2v) is 11.2. The average Bonchev–Trinajstić information content (AvgIpc) is 3.02. The van der Waals surface area contributed by atoms with Crippen LogP contribution in [0.2, 0.25) is 0 Å². The van der Waals surface area contributed by atoms with Crippen LogP contribution < -0.4 is 10.0 Å². The molecule has 0 saturated carbocycles. The second kappa shape index (κ2) is 10.3. The Morgan fingerprint density at radius 1 is 0.794 bits per heavy atom. The summed E-state index contributed by atoms with van der Waals surface area (Å²) >= 11 is 14.0. The van der Waals surface area contributed by atoms with Crippen molar-refractivity contribution in [3.05, 3.63) is 58.7 Å². The standard InChI is InChI=1S/C28H36Cl2N2O2/c1-15(2)19-11-9-12-20(16(3)4)23(19)31-25(29)26(30)32(27(31)28(33)34)24-21(17(5)6)13-10-14-22(24)18(7)8/h9-18,25-26H,1-8H3. The molecule has 0 N–H and O–H groups in total. The number of alkyl halides is 2. The van der Waals surface area contributed by atoms with Crippen LogP contribution in [0.25, 0.3) is 0 Å². The summed E-state index contributed by atoms with van der Waals surface area (Å²) in [6.45, 7) is 16.8. The van der Waals surface area contributed by atoms with Gasteiger partial charge in [0.1, 0.15) is 11.4 Å². The molecule has 1 aliphatic rings. The van der Waals surface area contributed by atoms with Crippen LogP contribution in [-0.4, -0.2) is 27.4 Å². The van der Waals surface area contributed by atoms with Gasteiger partial charge in [-0.15, -0.1) is 0 Å². The van der Waals surface area contributed by atoms with Crippen molar-refractivity contribution in [1.29, 1.82) is 0 Å². The zero-order chi connectivity index (χ0) is 25.5. The van der Waals surface area contributed by atoms with Crippen molar-refractivity contribution in [1.82, 2.24) is 0 Å². The third-order valence-electron chi connectivity index (χ3n) is 6.53. The van der Waals surface area contributed by atoms with Crippen molar-refractivity contribution in [2.75, 3.05) is 4.90 Å². The fourth-order valence-corrected chi connectivity index (χ4v) is 5.44. The summed E-state index contributed by atoms with van der Waals surface area (Å²) in [6, 6.07) is 12.2. The lowest BCUT2D eigenvalue weighted by molar-refractivity contribution is -0.453. The van der Waals surface area contributed by atoms with Crippen LogP contribution in [0.15, 0.2) is 36.4 Å². The van der Waals surface area contributed by atoms with Crippen LogP contribution >= 0.6 is 23.2 Å². The van der Waals surface area contributed by atoms with Crippen molar-refractivity contribution in [3.63, 3.8) is 0 Å². The molecule has 0 aromatic heterocycles. The highest BCUT2D eigenvalue weighted by Gasteiger charge is 2.51. The monoisotopic (exact) mass is 502 g/mol. The number of carbonyl (C=O) groups excluding carboxylic acids is 1. The van der Waals surface area contributed by atoms with Crippen molar-refractivity contribution in [3.8, 4) is 0 Å². The number of carboxylic acid groups (broad SMARTS) is 1. The molecule has 0 radical (unpaired) electrons. The molecule has 2 aromatic rings. The lowest BCUT2D eigenvalue weighted by atomic mass is 9.91. The Kier molecular flexibility index (Phi) is 8.04. The Hall–Kier alpha value is -2.04. The highest BCUT2D eigenvalue weighted by Crippen LogP contribution is 2.44. The van der Waals surface area contributed by atoms with Crippen molar-refractivity contribution >= 4 is 46.4 Å². The molecule has 1 aliphatic heterocycles. The lowest BCUT2D eigenvalue weighted by Gasteiger charge is -2.25. The molecule has 2 unspecified atom stereocenters. The van der Waals surface area contributed by atoms with Gasteiger partial charge in [0, 0.05) is 22.3 Å². The average molecular weight is 504 g/mol. The maximum absolute atomic E-state index is 12.8. The molecule has 2 aromatic carbocycles. The lowest BCUT2D eigenvalue weighted by Crippen LogP contribution is -2.46. The molecule has 184 valence electrons. The Morgan fingerprint density at radius 2 is 1.18 bits per heavy atom. The third kappa shape index (κ3) is 4.59. The third-order valence-corrected chi connectivity index (χ3v) is 7.52. The van der Waals surface area contributed by atoms with Gasteiger partial charge < -0.3 is 9.90 Å². The van der Waals surface area contributed by atoms with Crippen molar-refractivity contribution in [2.24, 2.45) is 0 Å². The van der Waals surface area contributed by atoms with E-state index in [1.807, 2.05) is 36.4 Å². The van der Waals surface area contributed by atoms with E-state index >= 15 is 0 Å². The maximum Gasteiger partial charge on any atom is 0.308 e. The molecule has 0 bridgehead atoms. The van der Waals surface area contributed by atoms with E-state index in [0.29, 0.717) is 0 Å².